The topological polar surface area (TPSA) is 32.3 Å². The Bertz CT molecular complexity index is 757. The van der Waals surface area contributed by atoms with Crippen LogP contribution in [0.3, 0.4) is 0 Å². The monoisotopic (exact) mass is 336 g/mol. The summed E-state index contributed by atoms with van der Waals surface area (Å²) in [5.41, 5.74) is 2.12. The fourth-order valence-corrected chi connectivity index (χ4v) is 3.42. The summed E-state index contributed by atoms with van der Waals surface area (Å²) in [7, 11) is 1.93. The largest absolute Gasteiger partial charge is 0.365 e. The molecule has 4 heteroatoms. The lowest BCUT2D eigenvalue weighted by Crippen LogP contribution is -2.37. The molecule has 0 radical (unpaired) electrons. The minimum absolute atomic E-state index is 0.00334. The van der Waals surface area contributed by atoms with Crippen LogP contribution < -0.4 is 10.2 Å². The van der Waals surface area contributed by atoms with Gasteiger partial charge in [-0.25, -0.2) is 0 Å². The van der Waals surface area contributed by atoms with Gasteiger partial charge in [-0.05, 0) is 29.1 Å². The first-order chi connectivity index (χ1) is 11.7. The molecule has 3 aromatic rings. The van der Waals surface area contributed by atoms with Gasteiger partial charge in [0.25, 0.3) is 0 Å². The van der Waals surface area contributed by atoms with Crippen LogP contribution in [-0.2, 0) is 4.79 Å². The van der Waals surface area contributed by atoms with E-state index in [2.05, 4.69) is 11.4 Å². The van der Waals surface area contributed by atoms with Crippen molar-refractivity contribution in [2.24, 2.45) is 0 Å². The van der Waals surface area contributed by atoms with E-state index in [0.29, 0.717) is 6.54 Å². The van der Waals surface area contributed by atoms with Crippen LogP contribution >= 0.6 is 11.3 Å². The molecule has 1 heterocycles. The van der Waals surface area contributed by atoms with Gasteiger partial charge in [0, 0.05) is 17.6 Å². The smallest absolute Gasteiger partial charge is 0.240 e. The number of benzene rings is 2. The molecule has 24 heavy (non-hydrogen) atoms. The van der Waals surface area contributed by atoms with Crippen LogP contribution in [0.4, 0.5) is 5.69 Å². The van der Waals surface area contributed by atoms with Crippen molar-refractivity contribution < 1.29 is 4.79 Å². The summed E-state index contributed by atoms with van der Waals surface area (Å²) in [4.78, 5) is 15.6. The molecule has 3 nitrogen and oxygen atoms in total. The minimum atomic E-state index is -0.108. The summed E-state index contributed by atoms with van der Waals surface area (Å²) in [5, 5.41) is 5.20. The molecule has 1 amide bonds. The molecule has 2 aromatic carbocycles. The second-order valence-electron chi connectivity index (χ2n) is 5.62. The Balaban J connectivity index is 1.72. The number of para-hydroxylation sites is 1. The number of carbonyl (C=O) groups is 1. The van der Waals surface area contributed by atoms with E-state index in [1.807, 2.05) is 84.1 Å². The van der Waals surface area contributed by atoms with Crippen LogP contribution in [0.15, 0.2) is 78.2 Å². The van der Waals surface area contributed by atoms with E-state index in [4.69, 9.17) is 0 Å². The number of anilines is 1. The number of rotatable bonds is 6. The maximum absolute atomic E-state index is 12.6. The fourth-order valence-electron chi connectivity index (χ4n) is 2.62. The molecular weight excluding hydrogens is 316 g/mol. The number of nitrogens with one attached hydrogen (secondary N) is 1. The molecule has 0 bridgehead atoms. The number of hydrogen-bond acceptors (Lipinski definition) is 3. The van der Waals surface area contributed by atoms with Crippen molar-refractivity contribution >= 4 is 22.9 Å². The summed E-state index contributed by atoms with van der Waals surface area (Å²) >= 11 is 1.65. The third-order valence-electron chi connectivity index (χ3n) is 3.84. The molecule has 0 aliphatic heterocycles. The van der Waals surface area contributed by atoms with Gasteiger partial charge in [-0.3, -0.25) is 4.79 Å². The van der Waals surface area contributed by atoms with Gasteiger partial charge in [0.1, 0.15) is 0 Å². The molecular formula is C20H20N2OS. The van der Waals surface area contributed by atoms with E-state index in [1.54, 1.807) is 11.3 Å². The van der Waals surface area contributed by atoms with Gasteiger partial charge in [-0.1, -0.05) is 54.6 Å². The van der Waals surface area contributed by atoms with E-state index in [1.165, 1.54) is 0 Å². The van der Waals surface area contributed by atoms with Crippen LogP contribution in [-0.4, -0.2) is 19.5 Å². The molecule has 0 aliphatic rings. The van der Waals surface area contributed by atoms with Gasteiger partial charge in [0.05, 0.1) is 12.6 Å². The normalized spacial score (nSPS) is 11.7. The second kappa shape index (κ2) is 7.79. The Morgan fingerprint density at radius 1 is 1.00 bits per heavy atom. The first kappa shape index (κ1) is 16.3. The van der Waals surface area contributed by atoms with Crippen molar-refractivity contribution in [2.75, 3.05) is 18.5 Å². The van der Waals surface area contributed by atoms with E-state index in [9.17, 15) is 4.79 Å². The van der Waals surface area contributed by atoms with Gasteiger partial charge >= 0.3 is 0 Å². The Morgan fingerprint density at radius 3 is 2.29 bits per heavy atom. The van der Waals surface area contributed by atoms with E-state index < -0.39 is 0 Å². The molecule has 0 fully saturated rings. The predicted octanol–water partition coefficient (Wildman–Crippen LogP) is 4.09. The van der Waals surface area contributed by atoms with Crippen LogP contribution in [0, 0.1) is 0 Å². The zero-order chi connectivity index (χ0) is 16.8. The molecule has 0 saturated heterocycles. The van der Waals surface area contributed by atoms with E-state index in [-0.39, 0.29) is 11.9 Å². The number of thiophene rings is 1. The molecule has 0 spiro atoms. The highest BCUT2D eigenvalue weighted by atomic mass is 32.1. The maximum Gasteiger partial charge on any atom is 0.240 e. The molecule has 1 atom stereocenters. The zero-order valence-corrected chi connectivity index (χ0v) is 14.4. The number of hydrogen-bond donors (Lipinski definition) is 1. The fraction of sp³-hybridized carbons (Fsp3) is 0.150. The lowest BCUT2D eigenvalue weighted by molar-refractivity contribution is -0.120. The summed E-state index contributed by atoms with van der Waals surface area (Å²) < 4.78 is 0. The van der Waals surface area contributed by atoms with Crippen molar-refractivity contribution in [1.82, 2.24) is 5.32 Å². The first-order valence-corrected chi connectivity index (χ1v) is 8.76. The van der Waals surface area contributed by atoms with Crippen molar-refractivity contribution in [3.05, 3.63) is 88.6 Å². The summed E-state index contributed by atoms with van der Waals surface area (Å²) in [6.07, 6.45) is 0. The van der Waals surface area contributed by atoms with Gasteiger partial charge in [-0.15, -0.1) is 11.3 Å². The van der Waals surface area contributed by atoms with E-state index >= 15 is 0 Å². The van der Waals surface area contributed by atoms with Crippen LogP contribution in [0.25, 0.3) is 0 Å². The van der Waals surface area contributed by atoms with Crippen LogP contribution in [0.5, 0.6) is 0 Å². The molecule has 1 aromatic heterocycles. The second-order valence-corrected chi connectivity index (χ2v) is 6.60. The third kappa shape index (κ3) is 4.03. The lowest BCUT2D eigenvalue weighted by atomic mass is 10.1. The summed E-state index contributed by atoms with van der Waals surface area (Å²) in [5.74, 6) is 0.00334. The highest BCUT2D eigenvalue weighted by Gasteiger charge is 2.18. The Kier molecular flexibility index (Phi) is 5.29. The lowest BCUT2D eigenvalue weighted by Gasteiger charge is -2.22. The first-order valence-electron chi connectivity index (χ1n) is 7.88. The third-order valence-corrected chi connectivity index (χ3v) is 4.78. The number of likely N-dealkylation sites (N-methyl/N-ethyl adjacent to an activating group) is 1. The van der Waals surface area contributed by atoms with Gasteiger partial charge in [0.2, 0.25) is 5.91 Å². The van der Waals surface area contributed by atoms with Crippen molar-refractivity contribution in [2.45, 2.75) is 6.04 Å². The molecule has 122 valence electrons. The number of amides is 1. The van der Waals surface area contributed by atoms with E-state index in [0.717, 1.165) is 16.1 Å². The average molecular weight is 336 g/mol. The van der Waals surface area contributed by atoms with Crippen molar-refractivity contribution in [1.29, 1.82) is 0 Å². The van der Waals surface area contributed by atoms with Gasteiger partial charge in [-0.2, -0.15) is 0 Å². The molecule has 0 saturated carbocycles. The molecule has 0 unspecified atom stereocenters. The van der Waals surface area contributed by atoms with Crippen molar-refractivity contribution in [3.8, 4) is 0 Å². The number of nitrogens with zero attached hydrogens (tertiary/aromatic N) is 1. The van der Waals surface area contributed by atoms with Gasteiger partial charge in [0.15, 0.2) is 0 Å². The Hall–Kier alpha value is -2.59. The van der Waals surface area contributed by atoms with Gasteiger partial charge < -0.3 is 10.2 Å². The minimum Gasteiger partial charge on any atom is -0.365 e. The Morgan fingerprint density at radius 2 is 1.67 bits per heavy atom. The quantitative estimate of drug-likeness (QED) is 0.735. The average Bonchev–Trinajstić information content (AvgIpc) is 3.15. The number of carbonyl (C=O) groups excluding carboxylic acids is 1. The highest BCUT2D eigenvalue weighted by molar-refractivity contribution is 7.10. The molecule has 0 aliphatic carbocycles. The molecule has 1 N–H and O–H groups in total. The maximum atomic E-state index is 12.6. The highest BCUT2D eigenvalue weighted by Crippen LogP contribution is 2.25. The van der Waals surface area contributed by atoms with Crippen LogP contribution in [0.1, 0.15) is 16.5 Å². The van der Waals surface area contributed by atoms with Crippen molar-refractivity contribution in [3.63, 3.8) is 0 Å². The zero-order valence-electron chi connectivity index (χ0n) is 13.6. The Labute approximate surface area is 146 Å². The molecule has 3 rings (SSSR count). The SMILES string of the molecule is CN(CC(=O)N[C@@H](c1ccccc1)c1cccs1)c1ccccc1. The van der Waals surface area contributed by atoms with Crippen LogP contribution in [0.2, 0.25) is 0 Å². The predicted molar refractivity (Wildman–Crippen MR) is 100 cm³/mol. The summed E-state index contributed by atoms with van der Waals surface area (Å²) in [6, 6.07) is 24.0. The summed E-state index contributed by atoms with van der Waals surface area (Å²) in [6.45, 7) is 0.318. The standard InChI is InChI=1S/C20H20N2OS/c1-22(17-11-6-3-7-12-17)15-19(23)21-20(18-13-8-14-24-18)16-9-4-2-5-10-16/h2-14,20H,15H2,1H3,(H,21,23)/t20-/m0/s1.